The van der Waals surface area contributed by atoms with Gasteiger partial charge < -0.3 is 9.84 Å². The van der Waals surface area contributed by atoms with E-state index < -0.39 is 0 Å². The predicted molar refractivity (Wildman–Crippen MR) is 85.1 cm³/mol. The molecule has 2 aromatic carbocycles. The minimum absolute atomic E-state index is 0.374. The average molecular weight is 335 g/mol. The van der Waals surface area contributed by atoms with Crippen LogP contribution in [0.5, 0.6) is 5.75 Å². The molecule has 106 valence electrons. The van der Waals surface area contributed by atoms with E-state index in [1.165, 1.54) is 5.56 Å². The molecule has 2 rings (SSSR count). The summed E-state index contributed by atoms with van der Waals surface area (Å²) in [6.07, 6.45) is 0.912. The summed E-state index contributed by atoms with van der Waals surface area (Å²) in [6, 6.07) is 16.0. The lowest BCUT2D eigenvalue weighted by Crippen LogP contribution is -2.14. The van der Waals surface area contributed by atoms with Gasteiger partial charge in [0, 0.05) is 10.9 Å². The summed E-state index contributed by atoms with van der Waals surface area (Å²) in [5.74, 6) is 0.862. The van der Waals surface area contributed by atoms with E-state index in [0.29, 0.717) is 19.4 Å². The molecule has 0 spiro atoms. The SMILES string of the molecule is Cc1cccc(OCCC(O)Cc2ccc(Br)cc2)c1. The molecule has 3 heteroatoms. The van der Waals surface area contributed by atoms with Crippen molar-refractivity contribution in [3.05, 3.63) is 64.1 Å². The summed E-state index contributed by atoms with van der Waals surface area (Å²) >= 11 is 3.40. The first-order valence-electron chi connectivity index (χ1n) is 6.75. The number of halogens is 1. The molecule has 1 atom stereocenters. The second-order valence-corrected chi connectivity index (χ2v) is 5.85. The maximum Gasteiger partial charge on any atom is 0.119 e. The Hall–Kier alpha value is -1.32. The normalized spacial score (nSPS) is 12.2. The maximum absolute atomic E-state index is 10.0. The highest BCUT2D eigenvalue weighted by Crippen LogP contribution is 2.15. The van der Waals surface area contributed by atoms with Crippen molar-refractivity contribution < 1.29 is 9.84 Å². The molecule has 20 heavy (non-hydrogen) atoms. The highest BCUT2D eigenvalue weighted by atomic mass is 79.9. The van der Waals surface area contributed by atoms with Crippen LogP contribution in [-0.2, 0) is 6.42 Å². The van der Waals surface area contributed by atoms with Gasteiger partial charge in [0.1, 0.15) is 5.75 Å². The standard InChI is InChI=1S/C17H19BrO2/c1-13-3-2-4-17(11-13)20-10-9-16(19)12-14-5-7-15(18)8-6-14/h2-8,11,16,19H,9-10,12H2,1H3. The lowest BCUT2D eigenvalue weighted by atomic mass is 10.1. The van der Waals surface area contributed by atoms with Gasteiger partial charge in [-0.05, 0) is 48.7 Å². The van der Waals surface area contributed by atoms with E-state index in [1.807, 2.05) is 55.5 Å². The zero-order chi connectivity index (χ0) is 14.4. The molecule has 2 aromatic rings. The molecule has 0 fully saturated rings. The first-order chi connectivity index (χ1) is 9.63. The van der Waals surface area contributed by atoms with Crippen LogP contribution in [0, 0.1) is 6.92 Å². The van der Waals surface area contributed by atoms with Gasteiger partial charge in [-0.25, -0.2) is 0 Å². The predicted octanol–water partition coefficient (Wildman–Crippen LogP) is 4.13. The zero-order valence-corrected chi connectivity index (χ0v) is 13.1. The largest absolute Gasteiger partial charge is 0.493 e. The number of aliphatic hydroxyl groups excluding tert-OH is 1. The Labute approximate surface area is 128 Å². The van der Waals surface area contributed by atoms with Crippen LogP contribution in [0.3, 0.4) is 0 Å². The third-order valence-electron chi connectivity index (χ3n) is 3.09. The van der Waals surface area contributed by atoms with Gasteiger partial charge in [0.2, 0.25) is 0 Å². The first-order valence-corrected chi connectivity index (χ1v) is 7.55. The lowest BCUT2D eigenvalue weighted by molar-refractivity contribution is 0.139. The van der Waals surface area contributed by atoms with Crippen molar-refractivity contribution >= 4 is 15.9 Å². The zero-order valence-electron chi connectivity index (χ0n) is 11.6. The summed E-state index contributed by atoms with van der Waals surface area (Å²) < 4.78 is 6.70. The van der Waals surface area contributed by atoms with E-state index in [0.717, 1.165) is 15.8 Å². The quantitative estimate of drug-likeness (QED) is 0.860. The molecule has 0 heterocycles. The minimum atomic E-state index is -0.374. The number of benzene rings is 2. The van der Waals surface area contributed by atoms with Crippen molar-refractivity contribution in [3.8, 4) is 5.75 Å². The fraction of sp³-hybridized carbons (Fsp3) is 0.294. The van der Waals surface area contributed by atoms with E-state index in [9.17, 15) is 5.11 Å². The highest BCUT2D eigenvalue weighted by molar-refractivity contribution is 9.10. The molecule has 0 saturated carbocycles. The summed E-state index contributed by atoms with van der Waals surface area (Å²) in [5, 5.41) is 10.0. The summed E-state index contributed by atoms with van der Waals surface area (Å²) in [6.45, 7) is 2.57. The van der Waals surface area contributed by atoms with Crippen LogP contribution in [0.25, 0.3) is 0 Å². The molecule has 1 N–H and O–H groups in total. The lowest BCUT2D eigenvalue weighted by Gasteiger charge is -2.12. The van der Waals surface area contributed by atoms with Crippen molar-refractivity contribution in [1.29, 1.82) is 0 Å². The van der Waals surface area contributed by atoms with Crippen molar-refractivity contribution in [2.45, 2.75) is 25.9 Å². The number of aryl methyl sites for hydroxylation is 1. The van der Waals surface area contributed by atoms with Gasteiger partial charge in [-0.1, -0.05) is 40.2 Å². The highest BCUT2D eigenvalue weighted by Gasteiger charge is 2.06. The van der Waals surface area contributed by atoms with E-state index in [-0.39, 0.29) is 6.10 Å². The van der Waals surface area contributed by atoms with Crippen LogP contribution in [0.2, 0.25) is 0 Å². The fourth-order valence-electron chi connectivity index (χ4n) is 2.01. The Bertz CT molecular complexity index is 537. The molecule has 0 aliphatic heterocycles. The van der Waals surface area contributed by atoms with Gasteiger partial charge in [-0.3, -0.25) is 0 Å². The van der Waals surface area contributed by atoms with E-state index in [2.05, 4.69) is 15.9 Å². The number of aliphatic hydroxyl groups is 1. The Kier molecular flexibility index (Phi) is 5.62. The molecule has 0 bridgehead atoms. The molecule has 0 saturated heterocycles. The van der Waals surface area contributed by atoms with Crippen molar-refractivity contribution in [1.82, 2.24) is 0 Å². The van der Waals surface area contributed by atoms with Gasteiger partial charge in [0.15, 0.2) is 0 Å². The van der Waals surface area contributed by atoms with E-state index >= 15 is 0 Å². The van der Waals surface area contributed by atoms with Gasteiger partial charge in [-0.15, -0.1) is 0 Å². The van der Waals surface area contributed by atoms with Crippen LogP contribution >= 0.6 is 15.9 Å². The third kappa shape index (κ3) is 4.99. The summed E-state index contributed by atoms with van der Waals surface area (Å²) in [5.41, 5.74) is 2.31. The van der Waals surface area contributed by atoms with E-state index in [1.54, 1.807) is 0 Å². The molecule has 0 radical (unpaired) electrons. The average Bonchev–Trinajstić information content (AvgIpc) is 2.41. The molecule has 0 aromatic heterocycles. The third-order valence-corrected chi connectivity index (χ3v) is 3.62. The number of rotatable bonds is 6. The van der Waals surface area contributed by atoms with Crippen molar-refractivity contribution in [2.24, 2.45) is 0 Å². The molecule has 1 unspecified atom stereocenters. The van der Waals surface area contributed by atoms with Gasteiger partial charge >= 0.3 is 0 Å². The summed E-state index contributed by atoms with van der Waals surface area (Å²) in [7, 11) is 0. The summed E-state index contributed by atoms with van der Waals surface area (Å²) in [4.78, 5) is 0. The number of ether oxygens (including phenoxy) is 1. The van der Waals surface area contributed by atoms with Crippen LogP contribution in [0.15, 0.2) is 53.0 Å². The van der Waals surface area contributed by atoms with E-state index in [4.69, 9.17) is 4.74 Å². The van der Waals surface area contributed by atoms with Crippen LogP contribution in [0.4, 0.5) is 0 Å². The maximum atomic E-state index is 10.0. The second kappa shape index (κ2) is 7.46. The Morgan fingerprint density at radius 1 is 1.15 bits per heavy atom. The molecule has 0 aliphatic carbocycles. The Morgan fingerprint density at radius 2 is 1.90 bits per heavy atom. The second-order valence-electron chi connectivity index (χ2n) is 4.94. The van der Waals surface area contributed by atoms with Crippen LogP contribution in [-0.4, -0.2) is 17.8 Å². The number of hydrogen-bond donors (Lipinski definition) is 1. The van der Waals surface area contributed by atoms with Crippen LogP contribution in [0.1, 0.15) is 17.5 Å². The Balaban J connectivity index is 1.75. The minimum Gasteiger partial charge on any atom is -0.493 e. The van der Waals surface area contributed by atoms with Crippen molar-refractivity contribution in [3.63, 3.8) is 0 Å². The monoisotopic (exact) mass is 334 g/mol. The smallest absolute Gasteiger partial charge is 0.119 e. The fourth-order valence-corrected chi connectivity index (χ4v) is 2.28. The van der Waals surface area contributed by atoms with Gasteiger partial charge in [-0.2, -0.15) is 0 Å². The van der Waals surface area contributed by atoms with Crippen molar-refractivity contribution in [2.75, 3.05) is 6.61 Å². The van der Waals surface area contributed by atoms with Gasteiger partial charge in [0.25, 0.3) is 0 Å². The molecule has 0 amide bonds. The number of hydrogen-bond acceptors (Lipinski definition) is 2. The molecule has 2 nitrogen and oxygen atoms in total. The van der Waals surface area contributed by atoms with Gasteiger partial charge in [0.05, 0.1) is 12.7 Å². The molecular formula is C17H19BrO2. The van der Waals surface area contributed by atoms with Crippen LogP contribution < -0.4 is 4.74 Å². The Morgan fingerprint density at radius 3 is 2.60 bits per heavy atom. The first kappa shape index (κ1) is 15.1. The molecular weight excluding hydrogens is 316 g/mol. The topological polar surface area (TPSA) is 29.5 Å². The molecule has 0 aliphatic rings.